The number of carbonyl (C=O) groups excluding carboxylic acids is 1. The van der Waals surface area contributed by atoms with E-state index in [1.54, 1.807) is 42.5 Å². The van der Waals surface area contributed by atoms with Crippen molar-refractivity contribution in [2.75, 3.05) is 20.2 Å². The lowest BCUT2D eigenvalue weighted by Crippen LogP contribution is -2.46. The van der Waals surface area contributed by atoms with Gasteiger partial charge in [0.15, 0.2) is 0 Å². The Morgan fingerprint density at radius 2 is 1.86 bits per heavy atom. The van der Waals surface area contributed by atoms with E-state index in [0.29, 0.717) is 36.7 Å². The van der Waals surface area contributed by atoms with Crippen LogP contribution in [0.15, 0.2) is 59.5 Å². The first-order valence-electron chi connectivity index (χ1n) is 9.27. The largest absolute Gasteiger partial charge is 0.497 e. The molecule has 0 aromatic heterocycles. The summed E-state index contributed by atoms with van der Waals surface area (Å²) in [5, 5.41) is 3.54. The number of halogens is 1. The lowest BCUT2D eigenvalue weighted by molar-refractivity contribution is -0.117. The van der Waals surface area contributed by atoms with E-state index >= 15 is 0 Å². The molecule has 0 bridgehead atoms. The first kappa shape index (κ1) is 21.4. The highest BCUT2D eigenvalue weighted by Crippen LogP contribution is 2.23. The number of piperidine rings is 1. The Hall–Kier alpha value is -2.35. The van der Waals surface area contributed by atoms with Crippen molar-refractivity contribution in [2.24, 2.45) is 0 Å². The topological polar surface area (TPSA) is 75.7 Å². The smallest absolute Gasteiger partial charge is 0.244 e. The molecule has 0 saturated carbocycles. The number of sulfonamides is 1. The van der Waals surface area contributed by atoms with E-state index in [0.717, 1.165) is 5.56 Å². The van der Waals surface area contributed by atoms with Crippen LogP contribution >= 0.6 is 11.6 Å². The predicted molar refractivity (Wildman–Crippen MR) is 113 cm³/mol. The fourth-order valence-electron chi connectivity index (χ4n) is 3.17. The van der Waals surface area contributed by atoms with Gasteiger partial charge in [0.1, 0.15) is 5.75 Å². The molecule has 0 spiro atoms. The Bertz CT molecular complexity index is 982. The van der Waals surface area contributed by atoms with Gasteiger partial charge in [-0.05, 0) is 60.9 Å². The average molecular weight is 435 g/mol. The molecule has 154 valence electrons. The van der Waals surface area contributed by atoms with Gasteiger partial charge in [0.05, 0.1) is 12.0 Å². The number of ether oxygens (including phenoxy) is 1. The van der Waals surface area contributed by atoms with Gasteiger partial charge >= 0.3 is 0 Å². The highest BCUT2D eigenvalue weighted by atomic mass is 35.5. The second-order valence-corrected chi connectivity index (χ2v) is 9.13. The van der Waals surface area contributed by atoms with E-state index in [-0.39, 0.29) is 16.8 Å². The van der Waals surface area contributed by atoms with Gasteiger partial charge < -0.3 is 10.1 Å². The van der Waals surface area contributed by atoms with Gasteiger partial charge in [-0.3, -0.25) is 4.79 Å². The molecule has 8 heteroatoms. The van der Waals surface area contributed by atoms with Crippen LogP contribution < -0.4 is 10.1 Å². The average Bonchev–Trinajstić information content (AvgIpc) is 2.73. The van der Waals surface area contributed by atoms with Crippen molar-refractivity contribution in [1.82, 2.24) is 9.62 Å². The minimum atomic E-state index is -3.55. The first-order chi connectivity index (χ1) is 13.9. The molecule has 1 aliphatic heterocycles. The maximum Gasteiger partial charge on any atom is 0.244 e. The van der Waals surface area contributed by atoms with Crippen molar-refractivity contribution in [2.45, 2.75) is 23.8 Å². The Morgan fingerprint density at radius 1 is 1.17 bits per heavy atom. The zero-order valence-electron chi connectivity index (χ0n) is 16.0. The van der Waals surface area contributed by atoms with Gasteiger partial charge in [0.25, 0.3) is 0 Å². The molecule has 1 N–H and O–H groups in total. The molecular formula is C21H23ClN2O4S. The summed E-state index contributed by atoms with van der Waals surface area (Å²) in [7, 11) is -2.02. The number of hydrogen-bond donors (Lipinski definition) is 1. The van der Waals surface area contributed by atoms with E-state index in [9.17, 15) is 13.2 Å². The molecule has 0 radical (unpaired) electrons. The number of methoxy groups -OCH3 is 1. The van der Waals surface area contributed by atoms with E-state index in [4.69, 9.17) is 16.3 Å². The van der Waals surface area contributed by atoms with E-state index < -0.39 is 10.0 Å². The van der Waals surface area contributed by atoms with Gasteiger partial charge in [-0.2, -0.15) is 4.31 Å². The van der Waals surface area contributed by atoms with Crippen LogP contribution in [0.4, 0.5) is 0 Å². The van der Waals surface area contributed by atoms with Crippen molar-refractivity contribution in [3.05, 3.63) is 65.2 Å². The summed E-state index contributed by atoms with van der Waals surface area (Å²) >= 11 is 5.93. The minimum Gasteiger partial charge on any atom is -0.497 e. The fourth-order valence-corrected chi connectivity index (χ4v) is 4.84. The van der Waals surface area contributed by atoms with Crippen molar-refractivity contribution < 1.29 is 17.9 Å². The number of amides is 1. The number of carbonyl (C=O) groups is 1. The van der Waals surface area contributed by atoms with Crippen molar-refractivity contribution >= 4 is 33.6 Å². The molecule has 2 aromatic carbocycles. The SMILES string of the molecule is COc1ccc(S(=O)(=O)N2CCC(NC(=O)/C=C/c3cccc(Cl)c3)CC2)cc1. The van der Waals surface area contributed by atoms with Crippen molar-refractivity contribution in [3.63, 3.8) is 0 Å². The summed E-state index contributed by atoms with van der Waals surface area (Å²) in [6, 6.07) is 13.5. The summed E-state index contributed by atoms with van der Waals surface area (Å²) < 4.78 is 32.1. The highest BCUT2D eigenvalue weighted by Gasteiger charge is 2.29. The minimum absolute atomic E-state index is 0.0613. The number of benzene rings is 2. The molecule has 1 saturated heterocycles. The Kier molecular flexibility index (Phi) is 6.95. The monoisotopic (exact) mass is 434 g/mol. The molecule has 0 aliphatic carbocycles. The molecule has 1 aliphatic rings. The van der Waals surface area contributed by atoms with Crippen LogP contribution in [0.25, 0.3) is 6.08 Å². The normalized spacial score (nSPS) is 16.1. The lowest BCUT2D eigenvalue weighted by atomic mass is 10.1. The third-order valence-electron chi connectivity index (χ3n) is 4.77. The Balaban J connectivity index is 1.53. The van der Waals surface area contributed by atoms with E-state index in [1.807, 2.05) is 12.1 Å². The van der Waals surface area contributed by atoms with Crippen LogP contribution in [0.3, 0.4) is 0 Å². The quantitative estimate of drug-likeness (QED) is 0.707. The molecular weight excluding hydrogens is 412 g/mol. The molecule has 2 aromatic rings. The number of nitrogens with one attached hydrogen (secondary N) is 1. The molecule has 0 unspecified atom stereocenters. The van der Waals surface area contributed by atoms with Gasteiger partial charge in [-0.15, -0.1) is 0 Å². The standard InChI is InChI=1S/C21H23ClN2O4S/c1-28-19-6-8-20(9-7-19)29(26,27)24-13-11-18(12-14-24)23-21(25)10-5-16-3-2-4-17(22)15-16/h2-10,15,18H,11-14H2,1H3,(H,23,25)/b10-5+. The highest BCUT2D eigenvalue weighted by molar-refractivity contribution is 7.89. The molecule has 3 rings (SSSR count). The third-order valence-corrected chi connectivity index (χ3v) is 6.92. The zero-order chi connectivity index (χ0) is 20.9. The number of nitrogens with zero attached hydrogens (tertiary/aromatic N) is 1. The second kappa shape index (κ2) is 9.43. The molecule has 0 atom stereocenters. The lowest BCUT2D eigenvalue weighted by Gasteiger charge is -2.31. The summed E-state index contributed by atoms with van der Waals surface area (Å²) in [5.41, 5.74) is 0.841. The van der Waals surface area contributed by atoms with Crippen LogP contribution in [0.2, 0.25) is 5.02 Å². The van der Waals surface area contributed by atoms with Crippen molar-refractivity contribution in [3.8, 4) is 5.75 Å². The molecule has 29 heavy (non-hydrogen) atoms. The summed E-state index contributed by atoms with van der Waals surface area (Å²) in [6.45, 7) is 0.717. The van der Waals surface area contributed by atoms with Gasteiger partial charge in [-0.25, -0.2) is 8.42 Å². The Morgan fingerprint density at radius 3 is 2.48 bits per heavy atom. The van der Waals surface area contributed by atoms with Crippen molar-refractivity contribution in [1.29, 1.82) is 0 Å². The molecule has 6 nitrogen and oxygen atoms in total. The van der Waals surface area contributed by atoms with Gasteiger partial charge in [-0.1, -0.05) is 23.7 Å². The maximum absolute atomic E-state index is 12.8. The maximum atomic E-state index is 12.8. The molecule has 1 fully saturated rings. The van der Waals surface area contributed by atoms with Crippen LogP contribution in [-0.4, -0.2) is 44.9 Å². The Labute approximate surface area is 176 Å². The van der Waals surface area contributed by atoms with E-state index in [2.05, 4.69) is 5.32 Å². The molecule has 1 heterocycles. The summed E-state index contributed by atoms with van der Waals surface area (Å²) in [6.07, 6.45) is 4.29. The van der Waals surface area contributed by atoms with Gasteiger partial charge in [0, 0.05) is 30.2 Å². The summed E-state index contributed by atoms with van der Waals surface area (Å²) in [4.78, 5) is 12.4. The van der Waals surface area contributed by atoms with Crippen LogP contribution in [0.5, 0.6) is 5.75 Å². The summed E-state index contributed by atoms with van der Waals surface area (Å²) in [5.74, 6) is 0.401. The second-order valence-electron chi connectivity index (χ2n) is 6.75. The van der Waals surface area contributed by atoms with Crippen LogP contribution in [0.1, 0.15) is 18.4 Å². The third kappa shape index (κ3) is 5.59. The van der Waals surface area contributed by atoms with E-state index in [1.165, 1.54) is 17.5 Å². The number of rotatable bonds is 6. The fraction of sp³-hybridized carbons (Fsp3) is 0.286. The van der Waals surface area contributed by atoms with Crippen LogP contribution in [0, 0.1) is 0 Å². The zero-order valence-corrected chi connectivity index (χ0v) is 17.6. The predicted octanol–water partition coefficient (Wildman–Crippen LogP) is 3.33. The molecule has 1 amide bonds. The van der Waals surface area contributed by atoms with Gasteiger partial charge in [0.2, 0.25) is 15.9 Å². The number of hydrogen-bond acceptors (Lipinski definition) is 4. The van der Waals surface area contributed by atoms with Crippen LogP contribution in [-0.2, 0) is 14.8 Å². The first-order valence-corrected chi connectivity index (χ1v) is 11.1.